The van der Waals surface area contributed by atoms with Gasteiger partial charge >= 0.3 is 0 Å². The molecule has 0 spiro atoms. The van der Waals surface area contributed by atoms with Crippen LogP contribution in [0.15, 0.2) is 21.3 Å². The minimum Gasteiger partial charge on any atom is -0.306 e. The lowest BCUT2D eigenvalue weighted by Gasteiger charge is -2.21. The first-order chi connectivity index (χ1) is 9.67. The highest BCUT2D eigenvalue weighted by molar-refractivity contribution is 9.10. The van der Waals surface area contributed by atoms with E-state index in [0.717, 1.165) is 35.2 Å². The van der Waals surface area contributed by atoms with Crippen molar-refractivity contribution in [2.75, 3.05) is 6.54 Å². The molecule has 1 unspecified atom stereocenters. The Balaban J connectivity index is 2.46. The highest BCUT2D eigenvalue weighted by atomic mass is 79.9. The second kappa shape index (κ2) is 7.29. The summed E-state index contributed by atoms with van der Waals surface area (Å²) in [5, 5.41) is 16.5. The number of aromatic nitrogens is 2. The molecule has 1 N–H and O–H groups in total. The average Bonchev–Trinajstić information content (AvgIpc) is 2.86. The summed E-state index contributed by atoms with van der Waals surface area (Å²) in [4.78, 5) is 0. The van der Waals surface area contributed by atoms with Gasteiger partial charge in [-0.3, -0.25) is 0 Å². The summed E-state index contributed by atoms with van der Waals surface area (Å²) in [7, 11) is 0. The van der Waals surface area contributed by atoms with E-state index >= 15 is 0 Å². The lowest BCUT2D eigenvalue weighted by Crippen LogP contribution is -2.25. The molecule has 2 heterocycles. The first kappa shape index (κ1) is 15.6. The summed E-state index contributed by atoms with van der Waals surface area (Å²) in [5.74, 6) is 0. The molecular formula is C15H20BrN3S. The lowest BCUT2D eigenvalue weighted by molar-refractivity contribution is 0.588. The van der Waals surface area contributed by atoms with E-state index in [0.29, 0.717) is 0 Å². The SMILES string of the molecule is CCCNC(c1cscc1Br)c1cc(C)nnc1CC. The van der Waals surface area contributed by atoms with Gasteiger partial charge in [0.05, 0.1) is 17.4 Å². The molecule has 0 amide bonds. The van der Waals surface area contributed by atoms with Crippen molar-refractivity contribution in [2.45, 2.75) is 39.7 Å². The first-order valence-corrected chi connectivity index (χ1v) is 8.69. The van der Waals surface area contributed by atoms with E-state index in [1.807, 2.05) is 6.92 Å². The molecule has 0 aliphatic rings. The maximum atomic E-state index is 4.36. The van der Waals surface area contributed by atoms with Crippen LogP contribution in [0.25, 0.3) is 0 Å². The van der Waals surface area contributed by atoms with Gasteiger partial charge in [-0.25, -0.2) is 0 Å². The number of halogens is 1. The fourth-order valence-electron chi connectivity index (χ4n) is 2.23. The fourth-order valence-corrected chi connectivity index (χ4v) is 3.78. The molecule has 0 saturated carbocycles. The number of hydrogen-bond donors (Lipinski definition) is 1. The molecule has 2 rings (SSSR count). The molecule has 20 heavy (non-hydrogen) atoms. The van der Waals surface area contributed by atoms with Crippen molar-refractivity contribution >= 4 is 27.3 Å². The van der Waals surface area contributed by atoms with Gasteiger partial charge in [0.15, 0.2) is 0 Å². The molecule has 0 bridgehead atoms. The Kier molecular flexibility index (Phi) is 5.69. The molecule has 5 heteroatoms. The number of nitrogens with one attached hydrogen (secondary N) is 1. The van der Waals surface area contributed by atoms with Crippen molar-refractivity contribution in [3.63, 3.8) is 0 Å². The Morgan fingerprint density at radius 2 is 2.05 bits per heavy atom. The average molecular weight is 354 g/mol. The molecule has 0 aliphatic carbocycles. The normalized spacial score (nSPS) is 12.6. The van der Waals surface area contributed by atoms with E-state index in [9.17, 15) is 0 Å². The maximum absolute atomic E-state index is 4.36. The van der Waals surface area contributed by atoms with Gasteiger partial charge in [-0.05, 0) is 64.8 Å². The van der Waals surface area contributed by atoms with Crippen molar-refractivity contribution < 1.29 is 0 Å². The zero-order chi connectivity index (χ0) is 14.5. The third-order valence-corrected chi connectivity index (χ3v) is 4.98. The molecule has 0 fully saturated rings. The van der Waals surface area contributed by atoms with E-state index in [4.69, 9.17) is 0 Å². The largest absolute Gasteiger partial charge is 0.306 e. The Labute approximate surface area is 133 Å². The van der Waals surface area contributed by atoms with Crippen molar-refractivity contribution in [3.8, 4) is 0 Å². The van der Waals surface area contributed by atoms with Gasteiger partial charge in [0.25, 0.3) is 0 Å². The van der Waals surface area contributed by atoms with E-state index in [1.54, 1.807) is 11.3 Å². The monoisotopic (exact) mass is 353 g/mol. The minimum absolute atomic E-state index is 0.180. The molecular weight excluding hydrogens is 334 g/mol. The quantitative estimate of drug-likeness (QED) is 0.842. The number of rotatable bonds is 6. The Morgan fingerprint density at radius 1 is 1.25 bits per heavy atom. The fraction of sp³-hybridized carbons (Fsp3) is 0.467. The predicted octanol–water partition coefficient (Wildman–Crippen LogP) is 4.26. The topological polar surface area (TPSA) is 37.8 Å². The van der Waals surface area contributed by atoms with Crippen LogP contribution < -0.4 is 5.32 Å². The zero-order valence-corrected chi connectivity index (χ0v) is 14.5. The molecule has 2 aromatic rings. The molecule has 0 aliphatic heterocycles. The van der Waals surface area contributed by atoms with Gasteiger partial charge in [-0.15, -0.1) is 0 Å². The Morgan fingerprint density at radius 3 is 2.65 bits per heavy atom. The van der Waals surface area contributed by atoms with Crippen LogP contribution in [-0.2, 0) is 6.42 Å². The van der Waals surface area contributed by atoms with Gasteiger partial charge in [0, 0.05) is 9.85 Å². The van der Waals surface area contributed by atoms with Crippen LogP contribution in [0.4, 0.5) is 0 Å². The molecule has 108 valence electrons. The second-order valence-corrected chi connectivity index (χ2v) is 6.40. The van der Waals surface area contributed by atoms with Crippen LogP contribution in [-0.4, -0.2) is 16.7 Å². The predicted molar refractivity (Wildman–Crippen MR) is 88.3 cm³/mol. The van der Waals surface area contributed by atoms with E-state index < -0.39 is 0 Å². The van der Waals surface area contributed by atoms with Gasteiger partial charge < -0.3 is 5.32 Å². The molecule has 1 atom stereocenters. The van der Waals surface area contributed by atoms with Crippen LogP contribution in [0, 0.1) is 6.92 Å². The van der Waals surface area contributed by atoms with Gasteiger partial charge in [0.1, 0.15) is 0 Å². The molecule has 0 aromatic carbocycles. The van der Waals surface area contributed by atoms with Crippen LogP contribution >= 0.6 is 27.3 Å². The third kappa shape index (κ3) is 3.45. The Bertz CT molecular complexity index is 568. The first-order valence-electron chi connectivity index (χ1n) is 6.95. The van der Waals surface area contributed by atoms with Crippen LogP contribution in [0.1, 0.15) is 48.8 Å². The number of thiophene rings is 1. The maximum Gasteiger partial charge on any atom is 0.0679 e. The minimum atomic E-state index is 0.180. The summed E-state index contributed by atoms with van der Waals surface area (Å²) in [6, 6.07) is 2.34. The summed E-state index contributed by atoms with van der Waals surface area (Å²) in [6.07, 6.45) is 2.01. The summed E-state index contributed by atoms with van der Waals surface area (Å²) >= 11 is 5.37. The second-order valence-electron chi connectivity index (χ2n) is 4.80. The third-order valence-electron chi connectivity index (χ3n) is 3.22. The molecule has 2 aromatic heterocycles. The van der Waals surface area contributed by atoms with Crippen LogP contribution in [0.5, 0.6) is 0 Å². The number of hydrogen-bond acceptors (Lipinski definition) is 4. The van der Waals surface area contributed by atoms with E-state index in [2.05, 4.69) is 62.1 Å². The standard InChI is InChI=1S/C15H20BrN3S/c1-4-6-17-15(12-8-20-9-13(12)16)11-7-10(3)18-19-14(11)5-2/h7-9,15,17H,4-6H2,1-3H3. The van der Waals surface area contributed by atoms with Crippen molar-refractivity contribution in [3.05, 3.63) is 43.8 Å². The van der Waals surface area contributed by atoms with Gasteiger partial charge in [-0.2, -0.15) is 21.5 Å². The van der Waals surface area contributed by atoms with Crippen molar-refractivity contribution in [1.29, 1.82) is 0 Å². The van der Waals surface area contributed by atoms with Gasteiger partial charge in [-0.1, -0.05) is 13.8 Å². The van der Waals surface area contributed by atoms with Crippen LogP contribution in [0.2, 0.25) is 0 Å². The van der Waals surface area contributed by atoms with E-state index in [1.165, 1.54) is 11.1 Å². The number of aryl methyl sites for hydroxylation is 2. The number of nitrogens with zero attached hydrogens (tertiary/aromatic N) is 2. The lowest BCUT2D eigenvalue weighted by atomic mass is 9.98. The summed E-state index contributed by atoms with van der Waals surface area (Å²) in [6.45, 7) is 7.29. The van der Waals surface area contributed by atoms with Crippen molar-refractivity contribution in [1.82, 2.24) is 15.5 Å². The Hall–Kier alpha value is -0.780. The highest BCUT2D eigenvalue weighted by Crippen LogP contribution is 2.33. The summed E-state index contributed by atoms with van der Waals surface area (Å²) in [5.41, 5.74) is 4.56. The molecule has 3 nitrogen and oxygen atoms in total. The van der Waals surface area contributed by atoms with E-state index in [-0.39, 0.29) is 6.04 Å². The van der Waals surface area contributed by atoms with Crippen molar-refractivity contribution in [2.24, 2.45) is 0 Å². The highest BCUT2D eigenvalue weighted by Gasteiger charge is 2.20. The van der Waals surface area contributed by atoms with Gasteiger partial charge in [0.2, 0.25) is 0 Å². The zero-order valence-electron chi connectivity index (χ0n) is 12.1. The summed E-state index contributed by atoms with van der Waals surface area (Å²) < 4.78 is 1.16. The molecule has 0 saturated heterocycles. The van der Waals surface area contributed by atoms with Crippen LogP contribution in [0.3, 0.4) is 0 Å². The smallest absolute Gasteiger partial charge is 0.0679 e. The molecule has 0 radical (unpaired) electrons.